The van der Waals surface area contributed by atoms with Crippen LogP contribution in [0.5, 0.6) is 0 Å². The van der Waals surface area contributed by atoms with Crippen LogP contribution < -0.4 is 0 Å². The molecule has 0 aliphatic heterocycles. The molecule has 0 aromatic carbocycles. The van der Waals surface area contributed by atoms with E-state index in [-0.39, 0.29) is 50.4 Å². The zero-order valence-electron chi connectivity index (χ0n) is 16.3. The molecular formula is C21H38O4Y. The van der Waals surface area contributed by atoms with Gasteiger partial charge >= 0.3 is 0 Å². The van der Waals surface area contributed by atoms with E-state index in [0.29, 0.717) is 30.3 Å². The zero-order valence-corrected chi connectivity index (χ0v) is 19.1. The van der Waals surface area contributed by atoms with Crippen LogP contribution in [0.25, 0.3) is 0 Å². The third-order valence-corrected chi connectivity index (χ3v) is 8.62. The summed E-state index contributed by atoms with van der Waals surface area (Å²) in [6, 6.07) is 0. The van der Waals surface area contributed by atoms with E-state index in [1.807, 2.05) is 0 Å². The maximum absolute atomic E-state index is 11.0. The molecule has 0 heterocycles. The van der Waals surface area contributed by atoms with Crippen LogP contribution in [0, 0.1) is 47.3 Å². The number of fused-ring (bicyclic) bond motifs is 5. The second-order valence-electron chi connectivity index (χ2n) is 9.57. The van der Waals surface area contributed by atoms with Crippen molar-refractivity contribution in [3.8, 4) is 0 Å². The Morgan fingerprint density at radius 1 is 0.846 bits per heavy atom. The maximum atomic E-state index is 11.0. The first kappa shape index (κ1) is 23.2. The molecule has 0 aromatic rings. The third-order valence-electron chi connectivity index (χ3n) is 8.62. The van der Waals surface area contributed by atoms with Crippen LogP contribution in [0.15, 0.2) is 0 Å². The minimum atomic E-state index is -0.138. The fraction of sp³-hybridized carbons (Fsp3) is 1.00. The van der Waals surface area contributed by atoms with Crippen molar-refractivity contribution in [1.82, 2.24) is 0 Å². The molecule has 0 saturated heterocycles. The van der Waals surface area contributed by atoms with Gasteiger partial charge in [-0.15, -0.1) is 0 Å². The van der Waals surface area contributed by atoms with Gasteiger partial charge in [-0.2, -0.15) is 0 Å². The largest absolute Gasteiger partial charge is 0.412 e. The molecule has 4 aliphatic rings. The van der Waals surface area contributed by atoms with Crippen LogP contribution in [0.1, 0.15) is 64.7 Å². The number of hydrogen-bond donors (Lipinski definition) is 3. The summed E-state index contributed by atoms with van der Waals surface area (Å²) in [5.74, 6) is 5.45. The quantitative estimate of drug-likeness (QED) is 0.626. The molecule has 1 radical (unpaired) electrons. The molecule has 5 N–H and O–H groups in total. The number of aliphatic hydroxyl groups excluding tert-OH is 3. The molecular weight excluding hydrogens is 405 g/mol. The van der Waals surface area contributed by atoms with E-state index in [9.17, 15) is 15.3 Å². The number of aliphatic hydroxyl groups is 3. The normalized spacial score (nSPS) is 48.2. The maximum Gasteiger partial charge on any atom is 0.0576 e. The van der Waals surface area contributed by atoms with Crippen LogP contribution in [0.3, 0.4) is 0 Å². The Morgan fingerprint density at radius 2 is 1.46 bits per heavy atom. The Balaban J connectivity index is 0.00000121. The smallest absolute Gasteiger partial charge is 0.0576 e. The van der Waals surface area contributed by atoms with Gasteiger partial charge in [0.1, 0.15) is 0 Å². The van der Waals surface area contributed by atoms with E-state index in [2.05, 4.69) is 6.92 Å². The summed E-state index contributed by atoms with van der Waals surface area (Å²) in [5.41, 5.74) is 0. The van der Waals surface area contributed by atoms with Crippen molar-refractivity contribution >= 4 is 0 Å². The Labute approximate surface area is 183 Å². The monoisotopic (exact) mass is 443 g/mol. The van der Waals surface area contributed by atoms with E-state index in [0.717, 1.165) is 49.4 Å². The summed E-state index contributed by atoms with van der Waals surface area (Å²) >= 11 is 0. The van der Waals surface area contributed by atoms with Crippen molar-refractivity contribution in [2.75, 3.05) is 6.61 Å². The molecule has 0 bridgehead atoms. The van der Waals surface area contributed by atoms with Crippen LogP contribution >= 0.6 is 0 Å². The summed E-state index contributed by atoms with van der Waals surface area (Å²) in [6.07, 6.45) is 9.93. The molecule has 5 heteroatoms. The van der Waals surface area contributed by atoms with Crippen LogP contribution in [0.4, 0.5) is 0 Å². The average molecular weight is 443 g/mol. The van der Waals surface area contributed by atoms with Crippen LogP contribution in [-0.4, -0.2) is 39.6 Å². The molecule has 26 heavy (non-hydrogen) atoms. The summed E-state index contributed by atoms with van der Waals surface area (Å²) < 4.78 is 0. The average Bonchev–Trinajstić information content (AvgIpc) is 2.98. The van der Waals surface area contributed by atoms with Gasteiger partial charge < -0.3 is 20.8 Å². The second kappa shape index (κ2) is 9.63. The van der Waals surface area contributed by atoms with Crippen LogP contribution in [-0.2, 0) is 32.7 Å². The van der Waals surface area contributed by atoms with Gasteiger partial charge in [-0.05, 0) is 105 Å². The molecule has 0 amide bonds. The Morgan fingerprint density at radius 3 is 2.19 bits per heavy atom. The first-order valence-corrected chi connectivity index (χ1v) is 10.6. The Bertz CT molecular complexity index is 448. The van der Waals surface area contributed by atoms with Gasteiger partial charge in [0, 0.05) is 39.3 Å². The molecule has 0 aromatic heterocycles. The topological polar surface area (TPSA) is 92.2 Å². The fourth-order valence-corrected chi connectivity index (χ4v) is 7.69. The minimum absolute atomic E-state index is 0. The summed E-state index contributed by atoms with van der Waals surface area (Å²) in [7, 11) is 0. The molecule has 0 spiro atoms. The van der Waals surface area contributed by atoms with Crippen molar-refractivity contribution < 1.29 is 53.5 Å². The van der Waals surface area contributed by atoms with Gasteiger partial charge in [0.15, 0.2) is 0 Å². The number of hydrogen-bond acceptors (Lipinski definition) is 3. The van der Waals surface area contributed by atoms with Crippen LogP contribution in [0.2, 0.25) is 0 Å². The molecule has 4 nitrogen and oxygen atoms in total. The molecule has 4 fully saturated rings. The van der Waals surface area contributed by atoms with Crippen molar-refractivity contribution in [3.63, 3.8) is 0 Å². The van der Waals surface area contributed by atoms with Crippen molar-refractivity contribution in [1.29, 1.82) is 0 Å². The van der Waals surface area contributed by atoms with E-state index in [1.165, 1.54) is 32.1 Å². The zero-order chi connectivity index (χ0) is 16.8. The van der Waals surface area contributed by atoms with Crippen molar-refractivity contribution in [2.45, 2.75) is 76.9 Å². The predicted molar refractivity (Wildman–Crippen MR) is 97.9 cm³/mol. The molecule has 4 aliphatic carbocycles. The van der Waals surface area contributed by atoms with Gasteiger partial charge in [0.25, 0.3) is 0 Å². The van der Waals surface area contributed by atoms with E-state index in [4.69, 9.17) is 0 Å². The first-order valence-electron chi connectivity index (χ1n) is 10.6. The van der Waals surface area contributed by atoms with Gasteiger partial charge in [0.05, 0.1) is 12.2 Å². The summed E-state index contributed by atoms with van der Waals surface area (Å²) in [5, 5.41) is 30.3. The Hall–Kier alpha value is 0.944. The SMILES string of the molecule is CC(CCO)C1CCC2C1CCC1C3CCC(O)CC3CC(O)C12.O.[Y]. The number of rotatable bonds is 3. The predicted octanol–water partition coefficient (Wildman–Crippen LogP) is 2.39. The van der Waals surface area contributed by atoms with Gasteiger partial charge in [0.2, 0.25) is 0 Å². The van der Waals surface area contributed by atoms with E-state index >= 15 is 0 Å². The second-order valence-corrected chi connectivity index (χ2v) is 9.57. The van der Waals surface area contributed by atoms with Gasteiger partial charge in [-0.25, -0.2) is 0 Å². The minimum Gasteiger partial charge on any atom is -0.412 e. The molecule has 4 rings (SSSR count). The van der Waals surface area contributed by atoms with E-state index < -0.39 is 0 Å². The molecule has 149 valence electrons. The fourth-order valence-electron chi connectivity index (χ4n) is 7.69. The van der Waals surface area contributed by atoms with E-state index in [1.54, 1.807) is 0 Å². The standard InChI is InChI=1S/C21H36O3.H2O.Y/c1-12(8-9-22)15-4-6-19-17(15)5-7-18-16-3-2-14(23)10-13(16)11-20(24)21(18)19;;/h12-24H,2-11H2,1H3;1H2;. The first-order chi connectivity index (χ1) is 11.6. The third kappa shape index (κ3) is 4.12. The molecule has 10 unspecified atom stereocenters. The summed E-state index contributed by atoms with van der Waals surface area (Å²) in [4.78, 5) is 0. The van der Waals surface area contributed by atoms with Crippen molar-refractivity contribution in [2.24, 2.45) is 47.3 Å². The Kier molecular flexibility index (Phi) is 8.60. The van der Waals surface area contributed by atoms with Gasteiger partial charge in [-0.3, -0.25) is 0 Å². The molecule has 4 saturated carbocycles. The van der Waals surface area contributed by atoms with Gasteiger partial charge in [-0.1, -0.05) is 6.92 Å². The molecule has 10 atom stereocenters. The van der Waals surface area contributed by atoms with Crippen molar-refractivity contribution in [3.05, 3.63) is 0 Å². The summed E-state index contributed by atoms with van der Waals surface area (Å²) in [6.45, 7) is 2.64.